The predicted octanol–water partition coefficient (Wildman–Crippen LogP) is 3.16. The van der Waals surface area contributed by atoms with Crippen LogP contribution in [0.4, 0.5) is 4.39 Å². The zero-order valence-electron chi connectivity index (χ0n) is 16.2. The van der Waals surface area contributed by atoms with E-state index in [2.05, 4.69) is 4.98 Å². The number of aromatic nitrogens is 1. The Morgan fingerprint density at radius 3 is 2.48 bits per heavy atom. The van der Waals surface area contributed by atoms with Gasteiger partial charge in [0.1, 0.15) is 5.82 Å². The van der Waals surface area contributed by atoms with E-state index >= 15 is 0 Å². The Kier molecular flexibility index (Phi) is 10.5. The summed E-state index contributed by atoms with van der Waals surface area (Å²) in [4.78, 5) is 19.0. The van der Waals surface area contributed by atoms with Gasteiger partial charge in [0, 0.05) is 31.7 Å². The molecular formula is C21H28Cl2FN3O2. The van der Waals surface area contributed by atoms with Gasteiger partial charge in [-0.25, -0.2) is 4.39 Å². The molecule has 29 heavy (non-hydrogen) atoms. The van der Waals surface area contributed by atoms with Crippen LogP contribution in [-0.2, 0) is 12.8 Å². The fourth-order valence-corrected chi connectivity index (χ4v) is 3.47. The molecule has 2 heterocycles. The summed E-state index contributed by atoms with van der Waals surface area (Å²) in [5.74, 6) is -0.383. The molecule has 160 valence electrons. The van der Waals surface area contributed by atoms with Crippen LogP contribution in [0.15, 0.2) is 42.6 Å². The van der Waals surface area contributed by atoms with Crippen LogP contribution in [0.5, 0.6) is 0 Å². The van der Waals surface area contributed by atoms with Crippen LogP contribution in [0.2, 0.25) is 0 Å². The number of carbonyl (C=O) groups excluding carboxylic acids is 1. The summed E-state index contributed by atoms with van der Waals surface area (Å²) < 4.78 is 13.8. The first-order valence-electron chi connectivity index (χ1n) is 9.46. The van der Waals surface area contributed by atoms with Crippen molar-refractivity contribution in [2.45, 2.75) is 44.2 Å². The largest absolute Gasteiger partial charge is 0.391 e. The number of likely N-dealkylation sites (tertiary alicyclic amines) is 1. The normalized spacial score (nSPS) is 15.6. The molecule has 1 fully saturated rings. The molecule has 0 aliphatic carbocycles. The fraction of sp³-hybridized carbons (Fsp3) is 0.429. The third-order valence-electron chi connectivity index (χ3n) is 5.07. The molecule has 1 aliphatic heterocycles. The van der Waals surface area contributed by atoms with Gasteiger partial charge in [0.05, 0.1) is 17.4 Å². The second-order valence-electron chi connectivity index (χ2n) is 7.08. The van der Waals surface area contributed by atoms with Gasteiger partial charge in [-0.05, 0) is 49.4 Å². The average molecular weight is 444 g/mol. The lowest BCUT2D eigenvalue weighted by molar-refractivity contribution is 0.0721. The van der Waals surface area contributed by atoms with E-state index in [1.807, 2.05) is 4.90 Å². The number of aliphatic hydroxyl groups is 1. The molecule has 0 unspecified atom stereocenters. The molecule has 0 saturated carbocycles. The van der Waals surface area contributed by atoms with Crippen LogP contribution in [0.3, 0.4) is 0 Å². The molecule has 8 heteroatoms. The summed E-state index contributed by atoms with van der Waals surface area (Å²) >= 11 is 0. The fourth-order valence-electron chi connectivity index (χ4n) is 3.47. The molecular weight excluding hydrogens is 416 g/mol. The van der Waals surface area contributed by atoms with Gasteiger partial charge >= 0.3 is 0 Å². The van der Waals surface area contributed by atoms with Crippen LogP contribution in [0.25, 0.3) is 0 Å². The highest BCUT2D eigenvalue weighted by Crippen LogP contribution is 2.18. The Labute approximate surface area is 183 Å². The molecule has 2 atom stereocenters. The molecule has 5 nitrogen and oxygen atoms in total. The Morgan fingerprint density at radius 2 is 1.79 bits per heavy atom. The maximum atomic E-state index is 13.8. The molecule has 0 spiro atoms. The number of rotatable bonds is 6. The van der Waals surface area contributed by atoms with E-state index in [9.17, 15) is 14.3 Å². The maximum absolute atomic E-state index is 13.8. The van der Waals surface area contributed by atoms with E-state index in [1.165, 1.54) is 6.07 Å². The van der Waals surface area contributed by atoms with Crippen molar-refractivity contribution in [3.05, 3.63) is 65.2 Å². The van der Waals surface area contributed by atoms with Crippen molar-refractivity contribution in [3.8, 4) is 0 Å². The minimum absolute atomic E-state index is 0. The van der Waals surface area contributed by atoms with E-state index in [0.29, 0.717) is 16.8 Å². The summed E-state index contributed by atoms with van der Waals surface area (Å²) in [6, 6.07) is 9.22. The summed E-state index contributed by atoms with van der Waals surface area (Å²) in [5.41, 5.74) is 7.61. The van der Waals surface area contributed by atoms with Crippen LogP contribution in [0, 0.1) is 5.82 Å². The minimum atomic E-state index is -0.924. The van der Waals surface area contributed by atoms with E-state index in [0.717, 1.165) is 32.4 Å². The Hall–Kier alpha value is -1.73. The standard InChI is InChI=1S/C21H26FN3O2.2ClH/c22-17-9-3-2-7-15(17)13-18(23)20(26)14-19-16(8-6-10-24-19)21(27)25-11-4-1-5-12-25;;/h2-3,6-10,18,20,26H,1,4-5,11-14,23H2;2*1H/t18-,20+;;/m1../s1. The van der Waals surface area contributed by atoms with Crippen LogP contribution < -0.4 is 5.73 Å². The third kappa shape index (κ3) is 6.64. The van der Waals surface area contributed by atoms with Crippen molar-refractivity contribution in [1.29, 1.82) is 0 Å². The monoisotopic (exact) mass is 443 g/mol. The number of nitrogens with zero attached hydrogens (tertiary/aromatic N) is 2. The number of piperidine rings is 1. The quantitative estimate of drug-likeness (QED) is 0.718. The summed E-state index contributed by atoms with van der Waals surface area (Å²) in [7, 11) is 0. The van der Waals surface area contributed by atoms with Gasteiger partial charge in [-0.2, -0.15) is 0 Å². The van der Waals surface area contributed by atoms with Crippen molar-refractivity contribution in [3.63, 3.8) is 0 Å². The molecule has 0 bridgehead atoms. The molecule has 1 aromatic carbocycles. The highest BCUT2D eigenvalue weighted by atomic mass is 35.5. The third-order valence-corrected chi connectivity index (χ3v) is 5.07. The zero-order valence-corrected chi connectivity index (χ0v) is 17.8. The van der Waals surface area contributed by atoms with Crippen molar-refractivity contribution in [2.24, 2.45) is 5.73 Å². The number of aliphatic hydroxyl groups excluding tert-OH is 1. The lowest BCUT2D eigenvalue weighted by Crippen LogP contribution is -2.40. The zero-order chi connectivity index (χ0) is 19.2. The second kappa shape index (κ2) is 12.1. The number of nitrogens with two attached hydrogens (primary N) is 1. The first-order chi connectivity index (χ1) is 13.1. The average Bonchev–Trinajstić information content (AvgIpc) is 2.70. The molecule has 3 N–H and O–H groups in total. The first kappa shape index (κ1) is 25.3. The van der Waals surface area contributed by atoms with Gasteiger partial charge in [-0.1, -0.05) is 18.2 Å². The second-order valence-corrected chi connectivity index (χ2v) is 7.08. The first-order valence-corrected chi connectivity index (χ1v) is 9.46. The summed E-state index contributed by atoms with van der Waals surface area (Å²) in [5, 5.41) is 10.5. The van der Waals surface area contributed by atoms with Crippen molar-refractivity contribution >= 4 is 30.7 Å². The van der Waals surface area contributed by atoms with Gasteiger partial charge in [0.25, 0.3) is 5.91 Å². The van der Waals surface area contributed by atoms with E-state index in [-0.39, 0.29) is 49.4 Å². The number of pyridine rings is 1. The number of hydrogen-bond acceptors (Lipinski definition) is 4. The minimum Gasteiger partial charge on any atom is -0.391 e. The van der Waals surface area contributed by atoms with Crippen molar-refractivity contribution < 1.29 is 14.3 Å². The van der Waals surface area contributed by atoms with Gasteiger partial charge in [-0.3, -0.25) is 9.78 Å². The molecule has 3 rings (SSSR count). The van der Waals surface area contributed by atoms with Crippen LogP contribution in [0.1, 0.15) is 40.9 Å². The number of carbonyl (C=O) groups is 1. The summed E-state index contributed by atoms with van der Waals surface area (Å²) in [6.07, 6.45) is 4.23. The number of hydrogen-bond donors (Lipinski definition) is 2. The van der Waals surface area contributed by atoms with Gasteiger partial charge in [-0.15, -0.1) is 24.8 Å². The van der Waals surface area contributed by atoms with Gasteiger partial charge in [0.2, 0.25) is 0 Å². The SMILES string of the molecule is Cl.Cl.N[C@H](Cc1ccccc1F)[C@@H](O)Cc1ncccc1C(=O)N1CCCCC1. The molecule has 1 aliphatic rings. The smallest absolute Gasteiger partial charge is 0.255 e. The maximum Gasteiger partial charge on any atom is 0.255 e. The lowest BCUT2D eigenvalue weighted by Gasteiger charge is -2.27. The van der Waals surface area contributed by atoms with Crippen LogP contribution in [-0.4, -0.2) is 46.1 Å². The Balaban J connectivity index is 0.00000210. The van der Waals surface area contributed by atoms with E-state index in [4.69, 9.17) is 5.73 Å². The summed E-state index contributed by atoms with van der Waals surface area (Å²) in [6.45, 7) is 1.50. The number of benzene rings is 1. The number of amides is 1. The Morgan fingerprint density at radius 1 is 1.10 bits per heavy atom. The Bertz CT molecular complexity index is 788. The molecule has 1 aromatic heterocycles. The lowest BCUT2D eigenvalue weighted by atomic mass is 9.96. The van der Waals surface area contributed by atoms with Gasteiger partial charge < -0.3 is 15.7 Å². The molecule has 1 amide bonds. The highest BCUT2D eigenvalue weighted by molar-refractivity contribution is 5.95. The van der Waals surface area contributed by atoms with Crippen molar-refractivity contribution in [1.82, 2.24) is 9.88 Å². The number of halogens is 3. The predicted molar refractivity (Wildman–Crippen MR) is 116 cm³/mol. The highest BCUT2D eigenvalue weighted by Gasteiger charge is 2.24. The molecule has 2 aromatic rings. The van der Waals surface area contributed by atoms with Gasteiger partial charge in [0.15, 0.2) is 0 Å². The topological polar surface area (TPSA) is 79.5 Å². The molecule has 1 saturated heterocycles. The molecule has 0 radical (unpaired) electrons. The van der Waals surface area contributed by atoms with E-state index < -0.39 is 12.1 Å². The van der Waals surface area contributed by atoms with Crippen LogP contribution >= 0.6 is 24.8 Å². The van der Waals surface area contributed by atoms with E-state index in [1.54, 1.807) is 36.5 Å². The van der Waals surface area contributed by atoms with Crippen molar-refractivity contribution in [2.75, 3.05) is 13.1 Å².